The zero-order valence-corrected chi connectivity index (χ0v) is 9.06. The van der Waals surface area contributed by atoms with Crippen LogP contribution in [0.15, 0.2) is 6.07 Å². The molecule has 1 amide bonds. The molecule has 7 nitrogen and oxygen atoms in total. The Hall–Kier alpha value is -1.89. The minimum atomic E-state index is -1.15. The fraction of sp³-hybridized carbons (Fsp3) is 0.444. The van der Waals surface area contributed by atoms with Crippen LogP contribution in [0, 0.1) is 13.8 Å². The van der Waals surface area contributed by atoms with Crippen molar-refractivity contribution < 1.29 is 19.5 Å². The number of nitrogens with zero attached hydrogens (tertiary/aromatic N) is 2. The summed E-state index contributed by atoms with van der Waals surface area (Å²) in [5.74, 6) is -1.60. The standard InChI is InChI=1S/C9H13N3O4/c1-6-3-7(2)12(10-6)4-8(13)11-16-5-9(14)15/h3H,4-5H2,1-2H3,(H,11,13)(H,14,15). The first-order valence-corrected chi connectivity index (χ1v) is 4.62. The molecule has 0 unspecified atom stereocenters. The van der Waals surface area contributed by atoms with Crippen LogP contribution in [-0.2, 0) is 21.0 Å². The summed E-state index contributed by atoms with van der Waals surface area (Å²) >= 11 is 0. The van der Waals surface area contributed by atoms with Crippen LogP contribution in [0.5, 0.6) is 0 Å². The maximum absolute atomic E-state index is 11.3. The van der Waals surface area contributed by atoms with Gasteiger partial charge in [-0.1, -0.05) is 0 Å². The average Bonchev–Trinajstić information content (AvgIpc) is 2.44. The van der Waals surface area contributed by atoms with Crippen molar-refractivity contribution in [1.82, 2.24) is 15.3 Å². The molecule has 0 aliphatic carbocycles. The van der Waals surface area contributed by atoms with E-state index in [1.807, 2.05) is 25.4 Å². The third-order valence-electron chi connectivity index (χ3n) is 1.78. The molecular formula is C9H13N3O4. The number of carbonyl (C=O) groups is 2. The molecule has 0 radical (unpaired) electrons. The molecule has 0 saturated carbocycles. The zero-order valence-electron chi connectivity index (χ0n) is 9.06. The monoisotopic (exact) mass is 227 g/mol. The highest BCUT2D eigenvalue weighted by Gasteiger charge is 2.07. The van der Waals surface area contributed by atoms with E-state index in [0.717, 1.165) is 11.4 Å². The lowest BCUT2D eigenvalue weighted by Gasteiger charge is -2.05. The molecule has 2 N–H and O–H groups in total. The molecule has 0 aliphatic heterocycles. The SMILES string of the molecule is Cc1cc(C)n(CC(=O)NOCC(=O)O)n1. The Morgan fingerprint density at radius 3 is 2.75 bits per heavy atom. The van der Waals surface area contributed by atoms with E-state index >= 15 is 0 Å². The molecule has 1 aromatic rings. The van der Waals surface area contributed by atoms with Crippen LogP contribution < -0.4 is 5.48 Å². The van der Waals surface area contributed by atoms with Crippen LogP contribution in [0.1, 0.15) is 11.4 Å². The van der Waals surface area contributed by atoms with Crippen molar-refractivity contribution in [1.29, 1.82) is 0 Å². The second-order valence-corrected chi connectivity index (χ2v) is 3.29. The number of aryl methyl sites for hydroxylation is 2. The smallest absolute Gasteiger partial charge is 0.332 e. The predicted octanol–water partition coefficient (Wildman–Crippen LogP) is -0.368. The molecule has 0 bridgehead atoms. The highest BCUT2D eigenvalue weighted by molar-refractivity contribution is 5.75. The number of carboxylic acid groups (broad SMARTS) is 1. The Labute approximate surface area is 92.0 Å². The molecule has 88 valence electrons. The molecule has 0 atom stereocenters. The van der Waals surface area contributed by atoms with Crippen molar-refractivity contribution >= 4 is 11.9 Å². The number of hydrogen-bond acceptors (Lipinski definition) is 4. The van der Waals surface area contributed by atoms with E-state index in [1.165, 1.54) is 4.68 Å². The molecule has 1 aromatic heterocycles. The maximum Gasteiger partial charge on any atom is 0.332 e. The summed E-state index contributed by atoms with van der Waals surface area (Å²) in [7, 11) is 0. The molecule has 0 saturated heterocycles. The van der Waals surface area contributed by atoms with Gasteiger partial charge in [-0.05, 0) is 19.9 Å². The minimum absolute atomic E-state index is 0.000702. The van der Waals surface area contributed by atoms with Gasteiger partial charge in [-0.3, -0.25) is 14.3 Å². The minimum Gasteiger partial charge on any atom is -0.479 e. The number of rotatable bonds is 5. The van der Waals surface area contributed by atoms with Gasteiger partial charge in [-0.25, -0.2) is 10.3 Å². The number of nitrogens with one attached hydrogen (secondary N) is 1. The Balaban J connectivity index is 2.40. The number of aliphatic carboxylic acids is 1. The highest BCUT2D eigenvalue weighted by Crippen LogP contribution is 2.00. The molecule has 0 aromatic carbocycles. The van der Waals surface area contributed by atoms with Crippen LogP contribution in [0.3, 0.4) is 0 Å². The third kappa shape index (κ3) is 3.70. The molecule has 0 spiro atoms. The summed E-state index contributed by atoms with van der Waals surface area (Å²) in [6.07, 6.45) is 0. The summed E-state index contributed by atoms with van der Waals surface area (Å²) in [6.45, 7) is 3.08. The molecule has 16 heavy (non-hydrogen) atoms. The topological polar surface area (TPSA) is 93.5 Å². The second kappa shape index (κ2) is 5.26. The van der Waals surface area contributed by atoms with Gasteiger partial charge in [-0.15, -0.1) is 0 Å². The van der Waals surface area contributed by atoms with E-state index in [2.05, 4.69) is 9.94 Å². The van der Waals surface area contributed by atoms with Gasteiger partial charge in [0, 0.05) is 5.69 Å². The Bertz CT molecular complexity index is 399. The zero-order chi connectivity index (χ0) is 12.1. The van der Waals surface area contributed by atoms with Gasteiger partial charge in [0.15, 0.2) is 6.61 Å². The number of amides is 1. The first-order chi connectivity index (χ1) is 7.49. The number of carboxylic acids is 1. The Kier molecular flexibility index (Phi) is 4.01. The third-order valence-corrected chi connectivity index (χ3v) is 1.78. The van der Waals surface area contributed by atoms with Gasteiger partial charge in [0.2, 0.25) is 0 Å². The summed E-state index contributed by atoms with van der Waals surface area (Å²) in [5.41, 5.74) is 3.69. The normalized spacial score (nSPS) is 10.1. The maximum atomic E-state index is 11.3. The van der Waals surface area contributed by atoms with E-state index in [9.17, 15) is 9.59 Å². The number of aromatic nitrogens is 2. The summed E-state index contributed by atoms with van der Waals surface area (Å²) < 4.78 is 1.51. The summed E-state index contributed by atoms with van der Waals surface area (Å²) in [4.78, 5) is 25.8. The average molecular weight is 227 g/mol. The lowest BCUT2D eigenvalue weighted by atomic mass is 10.4. The molecule has 1 heterocycles. The number of hydroxylamine groups is 1. The predicted molar refractivity (Wildman–Crippen MR) is 53.4 cm³/mol. The Morgan fingerprint density at radius 1 is 1.56 bits per heavy atom. The van der Waals surface area contributed by atoms with Crippen molar-refractivity contribution in [3.63, 3.8) is 0 Å². The quantitative estimate of drug-likeness (QED) is 0.669. The van der Waals surface area contributed by atoms with E-state index in [4.69, 9.17) is 5.11 Å². The van der Waals surface area contributed by atoms with E-state index in [1.54, 1.807) is 0 Å². The molecule has 7 heteroatoms. The van der Waals surface area contributed by atoms with Crippen molar-refractivity contribution in [3.05, 3.63) is 17.5 Å². The number of hydrogen-bond donors (Lipinski definition) is 2. The van der Waals surface area contributed by atoms with E-state index in [-0.39, 0.29) is 6.54 Å². The first kappa shape index (κ1) is 12.2. The molecule has 0 aliphatic rings. The summed E-state index contributed by atoms with van der Waals surface area (Å²) in [6, 6.07) is 1.84. The van der Waals surface area contributed by atoms with Crippen molar-refractivity contribution in [3.8, 4) is 0 Å². The van der Waals surface area contributed by atoms with Crippen molar-refractivity contribution in [2.24, 2.45) is 0 Å². The number of carbonyl (C=O) groups excluding carboxylic acids is 1. The molecule has 1 rings (SSSR count). The van der Waals surface area contributed by atoms with Crippen LogP contribution in [0.25, 0.3) is 0 Å². The van der Waals surface area contributed by atoms with Crippen LogP contribution >= 0.6 is 0 Å². The largest absolute Gasteiger partial charge is 0.479 e. The van der Waals surface area contributed by atoms with Gasteiger partial charge >= 0.3 is 5.97 Å². The summed E-state index contributed by atoms with van der Waals surface area (Å²) in [5, 5.41) is 12.3. The van der Waals surface area contributed by atoms with Crippen LogP contribution in [0.2, 0.25) is 0 Å². The Morgan fingerprint density at radius 2 is 2.25 bits per heavy atom. The van der Waals surface area contributed by atoms with Gasteiger partial charge in [0.1, 0.15) is 6.54 Å². The van der Waals surface area contributed by atoms with E-state index < -0.39 is 18.5 Å². The van der Waals surface area contributed by atoms with Gasteiger partial charge in [0.05, 0.1) is 5.69 Å². The first-order valence-electron chi connectivity index (χ1n) is 4.62. The van der Waals surface area contributed by atoms with Crippen molar-refractivity contribution in [2.75, 3.05) is 6.61 Å². The second-order valence-electron chi connectivity index (χ2n) is 3.29. The molecular weight excluding hydrogens is 214 g/mol. The van der Waals surface area contributed by atoms with Crippen LogP contribution in [0.4, 0.5) is 0 Å². The fourth-order valence-electron chi connectivity index (χ4n) is 1.18. The van der Waals surface area contributed by atoms with E-state index in [0.29, 0.717) is 0 Å². The lowest BCUT2D eigenvalue weighted by molar-refractivity contribution is -0.149. The highest BCUT2D eigenvalue weighted by atomic mass is 16.7. The van der Waals surface area contributed by atoms with Gasteiger partial charge < -0.3 is 5.11 Å². The van der Waals surface area contributed by atoms with Crippen molar-refractivity contribution in [2.45, 2.75) is 20.4 Å². The lowest BCUT2D eigenvalue weighted by Crippen LogP contribution is -2.30. The molecule has 0 fully saturated rings. The van der Waals surface area contributed by atoms with Gasteiger partial charge in [0.25, 0.3) is 5.91 Å². The van der Waals surface area contributed by atoms with Crippen LogP contribution in [-0.4, -0.2) is 33.4 Å². The fourth-order valence-corrected chi connectivity index (χ4v) is 1.18. The van der Waals surface area contributed by atoms with Gasteiger partial charge in [-0.2, -0.15) is 5.10 Å².